The second kappa shape index (κ2) is 8.87. The molecule has 0 bridgehead atoms. The Labute approximate surface area is 117 Å². The minimum atomic E-state index is 0.0889. The largest absolute Gasteiger partial charge is 0.373 e. The van der Waals surface area contributed by atoms with Crippen LogP contribution in [-0.2, 0) is 4.74 Å². The predicted molar refractivity (Wildman–Crippen MR) is 79.8 cm³/mol. The predicted octanol–water partition coefficient (Wildman–Crippen LogP) is 4.47. The smallest absolute Gasteiger partial charge is 0.188 e. The molecule has 0 amide bonds. The van der Waals surface area contributed by atoms with Gasteiger partial charge in [0.25, 0.3) is 0 Å². The van der Waals surface area contributed by atoms with Crippen LogP contribution in [0.25, 0.3) is 0 Å². The molecule has 0 aromatic heterocycles. The van der Waals surface area contributed by atoms with Crippen LogP contribution in [0.5, 0.6) is 0 Å². The lowest BCUT2D eigenvalue weighted by atomic mass is 10.0. The number of ether oxygens (including phenoxy) is 1. The third-order valence-corrected chi connectivity index (χ3v) is 3.31. The van der Waals surface area contributed by atoms with Gasteiger partial charge in [0.1, 0.15) is 6.61 Å². The van der Waals surface area contributed by atoms with Gasteiger partial charge in [-0.15, -0.1) is 0 Å². The summed E-state index contributed by atoms with van der Waals surface area (Å²) in [6, 6.07) is 5.92. The minimum Gasteiger partial charge on any atom is -0.373 e. The maximum Gasteiger partial charge on any atom is 0.188 e. The first-order valence-electron chi connectivity index (χ1n) is 7.33. The molecule has 0 aliphatic carbocycles. The van der Waals surface area contributed by atoms with Crippen LogP contribution in [0.15, 0.2) is 18.2 Å². The number of carbonyl (C=O) groups excluding carboxylic acids is 1. The van der Waals surface area contributed by atoms with Gasteiger partial charge in [0.15, 0.2) is 5.78 Å². The van der Waals surface area contributed by atoms with Crippen molar-refractivity contribution in [3.63, 3.8) is 0 Å². The summed E-state index contributed by atoms with van der Waals surface area (Å²) in [5.74, 6) is 0.0889. The van der Waals surface area contributed by atoms with Crippen molar-refractivity contribution >= 4 is 5.78 Å². The summed E-state index contributed by atoms with van der Waals surface area (Å²) >= 11 is 0. The van der Waals surface area contributed by atoms with Crippen LogP contribution in [0.1, 0.15) is 60.5 Å². The van der Waals surface area contributed by atoms with E-state index in [2.05, 4.69) is 6.92 Å². The highest BCUT2D eigenvalue weighted by Gasteiger charge is 2.08. The van der Waals surface area contributed by atoms with Gasteiger partial charge in [0, 0.05) is 12.2 Å². The van der Waals surface area contributed by atoms with E-state index in [1.807, 2.05) is 32.0 Å². The van der Waals surface area contributed by atoms with Gasteiger partial charge in [-0.2, -0.15) is 0 Å². The van der Waals surface area contributed by atoms with Crippen LogP contribution in [0, 0.1) is 13.8 Å². The van der Waals surface area contributed by atoms with E-state index in [9.17, 15) is 4.79 Å². The van der Waals surface area contributed by atoms with Crippen molar-refractivity contribution in [2.24, 2.45) is 0 Å². The van der Waals surface area contributed by atoms with Gasteiger partial charge >= 0.3 is 0 Å². The van der Waals surface area contributed by atoms with Gasteiger partial charge in [-0.05, 0) is 25.8 Å². The number of unbranched alkanes of at least 4 members (excludes halogenated alkanes) is 4. The monoisotopic (exact) mass is 262 g/mol. The molecule has 0 saturated carbocycles. The zero-order valence-corrected chi connectivity index (χ0v) is 12.5. The van der Waals surface area contributed by atoms with Gasteiger partial charge in [0.05, 0.1) is 0 Å². The van der Waals surface area contributed by atoms with E-state index < -0.39 is 0 Å². The highest BCUT2D eigenvalue weighted by Crippen LogP contribution is 2.11. The fourth-order valence-corrected chi connectivity index (χ4v) is 2.18. The molecule has 0 N–H and O–H groups in total. The molecule has 1 rings (SSSR count). The van der Waals surface area contributed by atoms with Crippen LogP contribution in [-0.4, -0.2) is 19.0 Å². The molecule has 0 aliphatic heterocycles. The number of hydrogen-bond acceptors (Lipinski definition) is 2. The second-order valence-corrected chi connectivity index (χ2v) is 5.21. The first kappa shape index (κ1) is 15.9. The average molecular weight is 262 g/mol. The number of Topliss-reactive ketones (excluding diaryl/α,β-unsaturated/α-hetero) is 1. The SMILES string of the molecule is CCCCCCCOCC(=O)c1ccc(C)cc1C. The Hall–Kier alpha value is -1.15. The Kier molecular flexibility index (Phi) is 7.42. The van der Waals surface area contributed by atoms with Crippen LogP contribution in [0.4, 0.5) is 0 Å². The van der Waals surface area contributed by atoms with Crippen LogP contribution in [0.2, 0.25) is 0 Å². The number of hydrogen-bond donors (Lipinski definition) is 0. The van der Waals surface area contributed by atoms with E-state index in [1.165, 1.54) is 31.2 Å². The summed E-state index contributed by atoms with van der Waals surface area (Å²) in [7, 11) is 0. The Balaban J connectivity index is 2.24. The van der Waals surface area contributed by atoms with Crippen LogP contribution in [0.3, 0.4) is 0 Å². The first-order chi connectivity index (χ1) is 9.15. The molecule has 106 valence electrons. The van der Waals surface area contributed by atoms with Gasteiger partial charge in [-0.25, -0.2) is 0 Å². The van der Waals surface area contributed by atoms with Crippen molar-refractivity contribution in [1.29, 1.82) is 0 Å². The van der Waals surface area contributed by atoms with Crippen LogP contribution < -0.4 is 0 Å². The minimum absolute atomic E-state index is 0.0889. The maximum atomic E-state index is 12.0. The molecule has 0 atom stereocenters. The zero-order valence-electron chi connectivity index (χ0n) is 12.5. The summed E-state index contributed by atoms with van der Waals surface area (Å²) in [4.78, 5) is 12.0. The van der Waals surface area contributed by atoms with E-state index >= 15 is 0 Å². The van der Waals surface area contributed by atoms with Gasteiger partial charge in [-0.3, -0.25) is 4.79 Å². The molecule has 0 spiro atoms. The fourth-order valence-electron chi connectivity index (χ4n) is 2.18. The van der Waals surface area contributed by atoms with Gasteiger partial charge < -0.3 is 4.74 Å². The number of benzene rings is 1. The fraction of sp³-hybridized carbons (Fsp3) is 0.588. The molecule has 1 aromatic rings. The molecule has 19 heavy (non-hydrogen) atoms. The molecule has 0 aliphatic rings. The van der Waals surface area contributed by atoms with Gasteiger partial charge in [-0.1, -0.05) is 56.4 Å². The molecule has 0 unspecified atom stereocenters. The molecule has 2 nitrogen and oxygen atoms in total. The highest BCUT2D eigenvalue weighted by molar-refractivity contribution is 5.98. The molecule has 0 fully saturated rings. The average Bonchev–Trinajstić information content (AvgIpc) is 2.37. The number of rotatable bonds is 9. The Morgan fingerprint density at radius 1 is 1.11 bits per heavy atom. The van der Waals surface area contributed by atoms with Crippen molar-refractivity contribution in [3.05, 3.63) is 34.9 Å². The van der Waals surface area contributed by atoms with Crippen LogP contribution >= 0.6 is 0 Å². The number of aryl methyl sites for hydroxylation is 2. The standard InChI is InChI=1S/C17H26O2/c1-4-5-6-7-8-11-19-13-17(18)16-10-9-14(2)12-15(16)3/h9-10,12H,4-8,11,13H2,1-3H3. The normalized spacial score (nSPS) is 10.7. The zero-order chi connectivity index (χ0) is 14.1. The lowest BCUT2D eigenvalue weighted by Crippen LogP contribution is -2.11. The van der Waals surface area contributed by atoms with Crippen molar-refractivity contribution in [2.45, 2.75) is 52.9 Å². The quantitative estimate of drug-likeness (QED) is 0.484. The summed E-state index contributed by atoms with van der Waals surface area (Å²) in [5.41, 5.74) is 3.01. The van der Waals surface area contributed by atoms with E-state index in [0.29, 0.717) is 6.61 Å². The van der Waals surface area contributed by atoms with Crippen molar-refractivity contribution in [3.8, 4) is 0 Å². The van der Waals surface area contributed by atoms with Gasteiger partial charge in [0.2, 0.25) is 0 Å². The topological polar surface area (TPSA) is 26.3 Å². The molecular formula is C17H26O2. The lowest BCUT2D eigenvalue weighted by molar-refractivity contribution is 0.0751. The number of carbonyl (C=O) groups is 1. The molecule has 0 radical (unpaired) electrons. The van der Waals surface area contributed by atoms with E-state index in [0.717, 1.165) is 17.5 Å². The van der Waals surface area contributed by atoms with Crippen molar-refractivity contribution in [2.75, 3.05) is 13.2 Å². The van der Waals surface area contributed by atoms with E-state index in [4.69, 9.17) is 4.74 Å². The van der Waals surface area contributed by atoms with E-state index in [1.54, 1.807) is 0 Å². The molecule has 1 aromatic carbocycles. The molecular weight excluding hydrogens is 236 g/mol. The van der Waals surface area contributed by atoms with E-state index in [-0.39, 0.29) is 12.4 Å². The van der Waals surface area contributed by atoms with Crippen molar-refractivity contribution in [1.82, 2.24) is 0 Å². The summed E-state index contributed by atoms with van der Waals surface area (Å²) in [6.45, 7) is 7.12. The lowest BCUT2D eigenvalue weighted by Gasteiger charge is -2.07. The Morgan fingerprint density at radius 2 is 1.84 bits per heavy atom. The maximum absolute atomic E-state index is 12.0. The molecule has 2 heteroatoms. The molecule has 0 heterocycles. The summed E-state index contributed by atoms with van der Waals surface area (Å²) in [6.07, 6.45) is 6.07. The van der Waals surface area contributed by atoms with Crippen molar-refractivity contribution < 1.29 is 9.53 Å². The second-order valence-electron chi connectivity index (χ2n) is 5.21. The highest BCUT2D eigenvalue weighted by atomic mass is 16.5. The third-order valence-electron chi connectivity index (χ3n) is 3.31. The number of ketones is 1. The molecule has 0 saturated heterocycles. The first-order valence-corrected chi connectivity index (χ1v) is 7.33. The summed E-state index contributed by atoms with van der Waals surface area (Å²) < 4.78 is 5.47. The third kappa shape index (κ3) is 6.02. The Bertz CT molecular complexity index is 396. The Morgan fingerprint density at radius 3 is 2.53 bits per heavy atom. The summed E-state index contributed by atoms with van der Waals surface area (Å²) in [5, 5.41) is 0.